The molecule has 0 aliphatic rings. The van der Waals surface area contributed by atoms with E-state index in [1.165, 1.54) is 29.5 Å². The minimum absolute atomic E-state index is 0.0492. The van der Waals surface area contributed by atoms with E-state index in [4.69, 9.17) is 0 Å². The van der Waals surface area contributed by atoms with Gasteiger partial charge in [-0.2, -0.15) is 5.26 Å². The lowest BCUT2D eigenvalue weighted by Gasteiger charge is -2.14. The molecule has 0 fully saturated rings. The summed E-state index contributed by atoms with van der Waals surface area (Å²) in [5, 5.41) is 37.3. The van der Waals surface area contributed by atoms with Crippen molar-refractivity contribution in [3.8, 4) is 11.8 Å². The van der Waals surface area contributed by atoms with Crippen molar-refractivity contribution < 1.29 is 29.4 Å². The quantitative estimate of drug-likeness (QED) is 0.300. The molecule has 2 aromatic heterocycles. The number of carboxylic acids is 1. The number of carboxylic acid groups (broad SMARTS) is 1. The third-order valence-electron chi connectivity index (χ3n) is 4.46. The molecule has 3 amide bonds. The van der Waals surface area contributed by atoms with Gasteiger partial charge in [-0.15, -0.1) is 22.7 Å². The Morgan fingerprint density at radius 1 is 1.00 bits per heavy atom. The van der Waals surface area contributed by atoms with Crippen LogP contribution in [0.1, 0.15) is 40.1 Å². The summed E-state index contributed by atoms with van der Waals surface area (Å²) in [6.07, 6.45) is 0. The highest BCUT2D eigenvalue weighted by molar-refractivity contribution is 7.16. The van der Waals surface area contributed by atoms with Crippen molar-refractivity contribution in [3.63, 3.8) is 0 Å². The monoisotopic (exact) mass is 498 g/mol. The Labute approximate surface area is 201 Å². The summed E-state index contributed by atoms with van der Waals surface area (Å²) in [7, 11) is 0. The first-order valence-electron chi connectivity index (χ1n) is 9.74. The number of nitrogens with one attached hydrogen (secondary N) is 3. The first kappa shape index (κ1) is 24.4. The second kappa shape index (κ2) is 11.1. The molecule has 0 aliphatic carbocycles. The predicted octanol–water partition coefficient (Wildman–Crippen LogP) is 1.93. The van der Waals surface area contributed by atoms with Crippen molar-refractivity contribution >= 4 is 46.4 Å². The summed E-state index contributed by atoms with van der Waals surface area (Å²) in [4.78, 5) is 49.1. The van der Waals surface area contributed by atoms with Crippen molar-refractivity contribution in [1.29, 1.82) is 5.26 Å². The van der Waals surface area contributed by atoms with E-state index >= 15 is 0 Å². The van der Waals surface area contributed by atoms with E-state index < -0.39 is 29.7 Å². The number of thiophene rings is 2. The molecule has 0 aliphatic heterocycles. The van der Waals surface area contributed by atoms with Crippen LogP contribution in [-0.4, -0.2) is 46.5 Å². The molecule has 0 saturated heterocycles. The number of carbonyl (C=O) groups is 4. The lowest BCUT2D eigenvalue weighted by atomic mass is 10.2. The Bertz CT molecular complexity index is 1260. The topological polar surface area (TPSA) is 169 Å². The van der Waals surface area contributed by atoms with Crippen LogP contribution in [-0.2, 0) is 11.3 Å². The van der Waals surface area contributed by atoms with E-state index in [1.54, 1.807) is 29.6 Å². The lowest BCUT2D eigenvalue weighted by Crippen LogP contribution is -2.48. The fraction of sp³-hybridized carbons (Fsp3) is 0.136. The van der Waals surface area contributed by atoms with Crippen LogP contribution in [0.2, 0.25) is 0 Å². The van der Waals surface area contributed by atoms with Crippen LogP contribution in [0.15, 0.2) is 47.8 Å². The number of carbonyl (C=O) groups excluding carboxylic acids is 3. The smallest absolute Gasteiger partial charge is 0.328 e. The molecular weight excluding hydrogens is 480 g/mol. The number of phenolic OH excluding ortho intramolecular Hbond substituents is 1. The van der Waals surface area contributed by atoms with Crippen molar-refractivity contribution in [1.82, 2.24) is 16.0 Å². The van der Waals surface area contributed by atoms with Gasteiger partial charge in [0, 0.05) is 13.1 Å². The van der Waals surface area contributed by atoms with Crippen LogP contribution >= 0.6 is 22.7 Å². The number of aliphatic carboxylic acids is 1. The van der Waals surface area contributed by atoms with E-state index in [9.17, 15) is 34.7 Å². The van der Waals surface area contributed by atoms with Gasteiger partial charge in [0.15, 0.2) is 0 Å². The molecular formula is C22H18N4O6S2. The number of nitrogens with zero attached hydrogens (tertiary/aromatic N) is 1. The Kier molecular flexibility index (Phi) is 7.96. The van der Waals surface area contributed by atoms with Crippen LogP contribution in [0.3, 0.4) is 0 Å². The summed E-state index contributed by atoms with van der Waals surface area (Å²) >= 11 is 1.92. The average Bonchev–Trinajstić information content (AvgIpc) is 3.50. The molecule has 2 heterocycles. The zero-order valence-corrected chi connectivity index (χ0v) is 19.0. The van der Waals surface area contributed by atoms with E-state index in [0.29, 0.717) is 10.4 Å². The molecule has 10 nitrogen and oxygen atoms in total. The van der Waals surface area contributed by atoms with Crippen molar-refractivity contribution in [2.24, 2.45) is 0 Å². The molecule has 5 N–H and O–H groups in total. The van der Waals surface area contributed by atoms with Gasteiger partial charge in [-0.05, 0) is 35.2 Å². The minimum atomic E-state index is -1.45. The number of rotatable bonds is 9. The maximum atomic E-state index is 12.7. The van der Waals surface area contributed by atoms with Crippen molar-refractivity contribution in [2.45, 2.75) is 12.6 Å². The molecule has 1 unspecified atom stereocenters. The first-order chi connectivity index (χ1) is 16.3. The molecule has 174 valence electrons. The number of hydrogen-bond acceptors (Lipinski definition) is 8. The lowest BCUT2D eigenvalue weighted by molar-refractivity contribution is -0.139. The van der Waals surface area contributed by atoms with Gasteiger partial charge >= 0.3 is 5.97 Å². The Morgan fingerprint density at radius 2 is 1.76 bits per heavy atom. The summed E-state index contributed by atoms with van der Waals surface area (Å²) in [5.74, 6) is -3.20. The predicted molar refractivity (Wildman–Crippen MR) is 124 cm³/mol. The largest absolute Gasteiger partial charge is 0.508 e. The zero-order valence-electron chi connectivity index (χ0n) is 17.4. The molecule has 0 spiro atoms. The third-order valence-corrected chi connectivity index (χ3v) is 6.46. The summed E-state index contributed by atoms with van der Waals surface area (Å²) < 4.78 is 0. The Balaban J connectivity index is 1.65. The number of benzene rings is 1. The summed E-state index contributed by atoms with van der Waals surface area (Å²) in [5.41, 5.74) is 0.564. The second-order valence-electron chi connectivity index (χ2n) is 6.87. The molecule has 0 saturated carbocycles. The molecule has 1 atom stereocenters. The molecule has 0 bridgehead atoms. The molecule has 3 aromatic rings. The highest BCUT2D eigenvalue weighted by Crippen LogP contribution is 2.22. The maximum Gasteiger partial charge on any atom is 0.328 e. The van der Waals surface area contributed by atoms with Gasteiger partial charge < -0.3 is 26.2 Å². The molecule has 12 heteroatoms. The van der Waals surface area contributed by atoms with Gasteiger partial charge in [0.25, 0.3) is 17.7 Å². The normalized spacial score (nSPS) is 11.1. The Hall–Kier alpha value is -4.21. The second-order valence-corrected chi connectivity index (χ2v) is 8.87. The van der Waals surface area contributed by atoms with Crippen LogP contribution in [0.25, 0.3) is 0 Å². The zero-order chi connectivity index (χ0) is 24.7. The summed E-state index contributed by atoms with van der Waals surface area (Å²) in [6.45, 7) is -0.262. The third kappa shape index (κ3) is 6.18. The van der Waals surface area contributed by atoms with E-state index in [0.717, 1.165) is 11.3 Å². The highest BCUT2D eigenvalue weighted by atomic mass is 32.1. The van der Waals surface area contributed by atoms with E-state index in [-0.39, 0.29) is 34.2 Å². The van der Waals surface area contributed by atoms with Crippen molar-refractivity contribution in [3.05, 3.63) is 73.6 Å². The standard InChI is InChI=1S/C22H18N4O6S2/c23-9-13-8-17(20(29)24-10-12-3-1-4-14(27)7-12)34-18(13)21(30)26-15(22(31)32)11-25-19(28)16-5-2-6-33-16/h1-8,15,27H,10-11H2,(H,24,29)(H,25,28)(H,26,30)(H,31,32). The minimum Gasteiger partial charge on any atom is -0.508 e. The van der Waals surface area contributed by atoms with Crippen LogP contribution < -0.4 is 16.0 Å². The SMILES string of the molecule is N#Cc1cc(C(=O)NCc2cccc(O)c2)sc1C(=O)NC(CNC(=O)c1cccs1)C(=O)O. The molecule has 34 heavy (non-hydrogen) atoms. The Morgan fingerprint density at radius 3 is 2.41 bits per heavy atom. The van der Waals surface area contributed by atoms with Gasteiger partial charge in [0.2, 0.25) is 0 Å². The van der Waals surface area contributed by atoms with Gasteiger partial charge in [-0.25, -0.2) is 4.79 Å². The molecule has 3 rings (SSSR count). The number of hydrogen-bond donors (Lipinski definition) is 5. The van der Waals surface area contributed by atoms with E-state index in [1.807, 2.05) is 6.07 Å². The number of amides is 3. The fourth-order valence-electron chi connectivity index (χ4n) is 2.80. The average molecular weight is 499 g/mol. The van der Waals surface area contributed by atoms with Gasteiger partial charge in [-0.1, -0.05) is 18.2 Å². The fourth-order valence-corrected chi connectivity index (χ4v) is 4.37. The van der Waals surface area contributed by atoms with Crippen LogP contribution in [0.4, 0.5) is 0 Å². The maximum absolute atomic E-state index is 12.7. The highest BCUT2D eigenvalue weighted by Gasteiger charge is 2.26. The number of nitriles is 1. The molecule has 0 radical (unpaired) electrons. The molecule has 1 aromatic carbocycles. The first-order valence-corrected chi connectivity index (χ1v) is 11.4. The van der Waals surface area contributed by atoms with E-state index in [2.05, 4.69) is 16.0 Å². The van der Waals surface area contributed by atoms with Gasteiger partial charge in [0.05, 0.1) is 15.3 Å². The van der Waals surface area contributed by atoms with Gasteiger partial charge in [0.1, 0.15) is 22.7 Å². The van der Waals surface area contributed by atoms with Crippen molar-refractivity contribution in [2.75, 3.05) is 6.54 Å². The summed E-state index contributed by atoms with van der Waals surface area (Å²) in [6, 6.07) is 11.2. The van der Waals surface area contributed by atoms with Crippen LogP contribution in [0, 0.1) is 11.3 Å². The van der Waals surface area contributed by atoms with Crippen LogP contribution in [0.5, 0.6) is 5.75 Å². The van der Waals surface area contributed by atoms with Gasteiger partial charge in [-0.3, -0.25) is 14.4 Å². The number of aromatic hydroxyl groups is 1. The number of phenols is 1.